The molecule has 0 atom stereocenters. The van der Waals surface area contributed by atoms with Crippen molar-refractivity contribution in [2.45, 2.75) is 64.8 Å². The van der Waals surface area contributed by atoms with Crippen LogP contribution in [0.25, 0.3) is 17.0 Å². The lowest BCUT2D eigenvalue weighted by Gasteiger charge is -2.15. The first-order valence-corrected chi connectivity index (χ1v) is 11.2. The largest absolute Gasteiger partial charge is 0.402 e. The van der Waals surface area contributed by atoms with Gasteiger partial charge in [-0.3, -0.25) is 4.98 Å². The summed E-state index contributed by atoms with van der Waals surface area (Å²) in [4.78, 5) is 4.62. The number of aryl methyl sites for hydroxylation is 3. The third-order valence-electron chi connectivity index (χ3n) is 6.55. The number of nitrogens with two attached hydrogens (primary N) is 2. The zero-order valence-corrected chi connectivity index (χ0v) is 18.8. The highest BCUT2D eigenvalue weighted by Crippen LogP contribution is 2.37. The van der Waals surface area contributed by atoms with E-state index in [0.717, 1.165) is 54.1 Å². The van der Waals surface area contributed by atoms with Gasteiger partial charge in [0.1, 0.15) is 5.82 Å². The third-order valence-corrected chi connectivity index (χ3v) is 6.55. The van der Waals surface area contributed by atoms with Crippen molar-refractivity contribution in [3.63, 3.8) is 0 Å². The summed E-state index contributed by atoms with van der Waals surface area (Å²) in [6, 6.07) is 10.3. The van der Waals surface area contributed by atoms with Gasteiger partial charge in [-0.1, -0.05) is 19.1 Å². The van der Waals surface area contributed by atoms with Gasteiger partial charge in [-0.05, 0) is 98.0 Å². The molecular formula is C27H32FN3. The van der Waals surface area contributed by atoms with E-state index in [0.29, 0.717) is 23.2 Å². The predicted octanol–water partition coefficient (Wildman–Crippen LogP) is 5.58. The lowest BCUT2D eigenvalue weighted by atomic mass is 9.92. The number of hydrogen-bond acceptors (Lipinski definition) is 3. The molecule has 0 aliphatic heterocycles. The van der Waals surface area contributed by atoms with Gasteiger partial charge in [0.2, 0.25) is 0 Å². The molecule has 4 N–H and O–H groups in total. The Bertz CT molecular complexity index is 1150. The van der Waals surface area contributed by atoms with Crippen LogP contribution in [0.1, 0.15) is 66.5 Å². The predicted molar refractivity (Wildman–Crippen MR) is 127 cm³/mol. The van der Waals surface area contributed by atoms with Gasteiger partial charge >= 0.3 is 0 Å². The summed E-state index contributed by atoms with van der Waals surface area (Å²) in [5, 5.41) is 1.10. The van der Waals surface area contributed by atoms with Crippen LogP contribution in [0.4, 0.5) is 4.39 Å². The zero-order valence-electron chi connectivity index (χ0n) is 18.8. The topological polar surface area (TPSA) is 64.9 Å². The fraction of sp³-hybridized carbons (Fsp3) is 0.370. The van der Waals surface area contributed by atoms with Crippen molar-refractivity contribution in [1.82, 2.24) is 4.98 Å². The monoisotopic (exact) mass is 417 g/mol. The van der Waals surface area contributed by atoms with Crippen LogP contribution in [-0.4, -0.2) is 10.5 Å². The Balaban J connectivity index is 1.71. The second-order valence-corrected chi connectivity index (χ2v) is 9.16. The molecule has 0 radical (unpaired) electrons. The molecule has 4 rings (SSSR count). The molecule has 1 saturated carbocycles. The lowest BCUT2D eigenvalue weighted by Crippen LogP contribution is -2.22. The van der Waals surface area contributed by atoms with Crippen molar-refractivity contribution < 1.29 is 4.39 Å². The van der Waals surface area contributed by atoms with E-state index >= 15 is 4.39 Å². The summed E-state index contributed by atoms with van der Waals surface area (Å²) in [6.07, 6.45) is 9.30. The Labute approximate surface area is 184 Å². The third kappa shape index (κ3) is 4.64. The second kappa shape index (κ2) is 8.43. The number of benzene rings is 2. The number of halogens is 1. The van der Waals surface area contributed by atoms with Gasteiger partial charge in [0.05, 0.1) is 5.52 Å². The van der Waals surface area contributed by atoms with Crippen molar-refractivity contribution in [2.75, 3.05) is 0 Å². The van der Waals surface area contributed by atoms with Gasteiger partial charge in [-0.15, -0.1) is 0 Å². The van der Waals surface area contributed by atoms with E-state index in [1.54, 1.807) is 13.0 Å². The molecule has 0 bridgehead atoms. The Hall–Kier alpha value is -2.72. The number of nitrogens with zero attached hydrogens (tertiary/aromatic N) is 1. The summed E-state index contributed by atoms with van der Waals surface area (Å²) in [5.41, 5.74) is 19.6. The molecule has 1 aliphatic rings. The van der Waals surface area contributed by atoms with E-state index in [1.165, 1.54) is 11.1 Å². The van der Waals surface area contributed by atoms with E-state index in [9.17, 15) is 0 Å². The maximum Gasteiger partial charge on any atom is 0.134 e. The van der Waals surface area contributed by atoms with Gasteiger partial charge in [0.25, 0.3) is 0 Å². The molecule has 162 valence electrons. The first-order valence-electron chi connectivity index (χ1n) is 11.2. The van der Waals surface area contributed by atoms with Crippen LogP contribution < -0.4 is 11.5 Å². The standard InChI is InChI=1S/C27H32FN3/c1-4-19-15-24-21(14-22-6-5-17(2)23(26(22)28)13-18(3)29)8-12-31-25(24)16-20(19)7-9-27(30)10-11-27/h5-6,8,12-13,15-16H,4,7,9-11,14,29-30H2,1-3H3/b18-13-. The minimum Gasteiger partial charge on any atom is -0.402 e. The molecule has 0 amide bonds. The van der Waals surface area contributed by atoms with Gasteiger partial charge in [-0.2, -0.15) is 0 Å². The fourth-order valence-electron chi connectivity index (χ4n) is 4.33. The quantitative estimate of drug-likeness (QED) is 0.527. The van der Waals surface area contributed by atoms with Crippen molar-refractivity contribution >= 4 is 17.0 Å². The average molecular weight is 418 g/mol. The number of allylic oxidation sites excluding steroid dienone is 1. The van der Waals surface area contributed by atoms with Gasteiger partial charge in [0, 0.05) is 34.8 Å². The molecular weight excluding hydrogens is 385 g/mol. The smallest absolute Gasteiger partial charge is 0.134 e. The van der Waals surface area contributed by atoms with Crippen LogP contribution in [0.5, 0.6) is 0 Å². The van der Waals surface area contributed by atoms with E-state index in [-0.39, 0.29) is 11.4 Å². The number of pyridine rings is 1. The Morgan fingerprint density at radius 1 is 1.13 bits per heavy atom. The number of fused-ring (bicyclic) bond motifs is 1. The maximum absolute atomic E-state index is 15.3. The molecule has 1 fully saturated rings. The molecule has 1 aromatic heterocycles. The van der Waals surface area contributed by atoms with Crippen LogP contribution in [0.15, 0.2) is 42.2 Å². The molecule has 3 aromatic rings. The van der Waals surface area contributed by atoms with Crippen molar-refractivity contribution in [3.05, 3.63) is 81.4 Å². The van der Waals surface area contributed by atoms with Gasteiger partial charge < -0.3 is 11.5 Å². The molecule has 0 spiro atoms. The van der Waals surface area contributed by atoms with E-state index in [1.807, 2.05) is 31.3 Å². The van der Waals surface area contributed by atoms with Crippen LogP contribution >= 0.6 is 0 Å². The summed E-state index contributed by atoms with van der Waals surface area (Å²) in [6.45, 7) is 5.87. The highest BCUT2D eigenvalue weighted by molar-refractivity contribution is 5.84. The zero-order chi connectivity index (χ0) is 22.2. The van der Waals surface area contributed by atoms with Crippen LogP contribution in [0.3, 0.4) is 0 Å². The number of aromatic nitrogens is 1. The normalized spacial score (nSPS) is 15.5. The van der Waals surface area contributed by atoms with Gasteiger partial charge in [-0.25, -0.2) is 4.39 Å². The summed E-state index contributed by atoms with van der Waals surface area (Å²) < 4.78 is 15.3. The summed E-state index contributed by atoms with van der Waals surface area (Å²) >= 11 is 0. The molecule has 3 nitrogen and oxygen atoms in total. The first-order chi connectivity index (χ1) is 14.8. The molecule has 1 aliphatic carbocycles. The molecule has 0 unspecified atom stereocenters. The Morgan fingerprint density at radius 2 is 1.90 bits per heavy atom. The fourth-order valence-corrected chi connectivity index (χ4v) is 4.33. The molecule has 2 aromatic carbocycles. The molecule has 0 saturated heterocycles. The minimum absolute atomic E-state index is 0.0479. The number of rotatable bonds is 7. The number of hydrogen-bond donors (Lipinski definition) is 2. The molecule has 4 heteroatoms. The van der Waals surface area contributed by atoms with Crippen molar-refractivity contribution in [2.24, 2.45) is 11.5 Å². The summed E-state index contributed by atoms with van der Waals surface area (Å²) in [7, 11) is 0. The van der Waals surface area contributed by atoms with E-state index in [4.69, 9.17) is 11.5 Å². The SMILES string of the molecule is CCc1cc2c(Cc3ccc(C)c(/C=C(/C)N)c3F)ccnc2cc1CCC1(N)CC1. The Kier molecular flexibility index (Phi) is 5.85. The Morgan fingerprint density at radius 3 is 2.58 bits per heavy atom. The summed E-state index contributed by atoms with van der Waals surface area (Å²) in [5.74, 6) is -0.195. The maximum atomic E-state index is 15.3. The van der Waals surface area contributed by atoms with Crippen molar-refractivity contribution in [1.29, 1.82) is 0 Å². The minimum atomic E-state index is -0.195. The highest BCUT2D eigenvalue weighted by Gasteiger charge is 2.37. The van der Waals surface area contributed by atoms with Crippen LogP contribution in [0, 0.1) is 12.7 Å². The van der Waals surface area contributed by atoms with Crippen molar-refractivity contribution in [3.8, 4) is 0 Å². The van der Waals surface area contributed by atoms with Crippen LogP contribution in [0.2, 0.25) is 0 Å². The van der Waals surface area contributed by atoms with Crippen LogP contribution in [-0.2, 0) is 19.3 Å². The highest BCUT2D eigenvalue weighted by atomic mass is 19.1. The molecule has 31 heavy (non-hydrogen) atoms. The first kappa shape index (κ1) is 21.5. The average Bonchev–Trinajstić information content (AvgIpc) is 3.48. The van der Waals surface area contributed by atoms with E-state index in [2.05, 4.69) is 24.0 Å². The molecule has 1 heterocycles. The lowest BCUT2D eigenvalue weighted by molar-refractivity contribution is 0.607. The van der Waals surface area contributed by atoms with E-state index < -0.39 is 0 Å². The van der Waals surface area contributed by atoms with Gasteiger partial charge in [0.15, 0.2) is 0 Å². The second-order valence-electron chi connectivity index (χ2n) is 9.16.